The number of benzene rings is 1. The first kappa shape index (κ1) is 15.5. The number of hydrogen-bond donors (Lipinski definition) is 3. The Balaban J connectivity index is 2.29. The molecule has 0 saturated heterocycles. The molecule has 0 radical (unpaired) electrons. The molecular formula is C12H19N3O3S. The minimum Gasteiger partial charge on any atom is -0.399 e. The van der Waals surface area contributed by atoms with Gasteiger partial charge in [0.05, 0.1) is 5.75 Å². The summed E-state index contributed by atoms with van der Waals surface area (Å²) in [6, 6.07) is 7.34. The standard InChI is InChI=1S/C12H19N3O3S/c1-14-19(17,18)8-7-15-12(16)6-5-10-3-2-4-11(13)9-10/h2-4,9,14H,5-8,13H2,1H3,(H,15,16). The molecule has 1 aromatic carbocycles. The third-order valence-corrected chi connectivity index (χ3v) is 3.96. The number of rotatable bonds is 7. The van der Waals surface area contributed by atoms with Crippen LogP contribution in [0.2, 0.25) is 0 Å². The monoisotopic (exact) mass is 285 g/mol. The van der Waals surface area contributed by atoms with Gasteiger partial charge in [0, 0.05) is 18.7 Å². The third-order valence-electron chi connectivity index (χ3n) is 2.60. The van der Waals surface area contributed by atoms with Gasteiger partial charge < -0.3 is 11.1 Å². The van der Waals surface area contributed by atoms with E-state index < -0.39 is 10.0 Å². The van der Waals surface area contributed by atoms with Crippen LogP contribution in [0.4, 0.5) is 5.69 Å². The summed E-state index contributed by atoms with van der Waals surface area (Å²) in [6.07, 6.45) is 0.888. The lowest BCUT2D eigenvalue weighted by molar-refractivity contribution is -0.120. The molecule has 0 aliphatic heterocycles. The molecule has 1 amide bonds. The van der Waals surface area contributed by atoms with Crippen molar-refractivity contribution in [1.82, 2.24) is 10.0 Å². The van der Waals surface area contributed by atoms with E-state index in [-0.39, 0.29) is 18.2 Å². The summed E-state index contributed by atoms with van der Waals surface area (Å²) in [5, 5.41) is 2.57. The first-order valence-corrected chi connectivity index (χ1v) is 7.60. The van der Waals surface area contributed by atoms with Crippen LogP contribution < -0.4 is 15.8 Å². The van der Waals surface area contributed by atoms with Crippen LogP contribution in [0.3, 0.4) is 0 Å². The van der Waals surface area contributed by atoms with Crippen LogP contribution in [0.1, 0.15) is 12.0 Å². The van der Waals surface area contributed by atoms with E-state index in [1.54, 1.807) is 6.07 Å². The number of sulfonamides is 1. The normalized spacial score (nSPS) is 11.2. The molecule has 0 aliphatic rings. The van der Waals surface area contributed by atoms with E-state index in [0.717, 1.165) is 5.56 Å². The van der Waals surface area contributed by atoms with E-state index >= 15 is 0 Å². The lowest BCUT2D eigenvalue weighted by atomic mass is 10.1. The Kier molecular flexibility index (Phi) is 5.78. The van der Waals surface area contributed by atoms with Gasteiger partial charge in [-0.25, -0.2) is 13.1 Å². The van der Waals surface area contributed by atoms with Crippen molar-refractivity contribution < 1.29 is 13.2 Å². The summed E-state index contributed by atoms with van der Waals surface area (Å²) in [7, 11) is -1.92. The Bertz CT molecular complexity index is 529. The molecule has 6 nitrogen and oxygen atoms in total. The van der Waals surface area contributed by atoms with Gasteiger partial charge in [-0.2, -0.15) is 0 Å². The van der Waals surface area contributed by atoms with Gasteiger partial charge in [0.1, 0.15) is 0 Å². The highest BCUT2D eigenvalue weighted by Gasteiger charge is 2.08. The second kappa shape index (κ2) is 7.10. The van der Waals surface area contributed by atoms with Gasteiger partial charge in [-0.1, -0.05) is 12.1 Å². The summed E-state index contributed by atoms with van der Waals surface area (Å²) in [6.45, 7) is 0.110. The van der Waals surface area contributed by atoms with Crippen molar-refractivity contribution >= 4 is 21.6 Å². The predicted octanol–water partition coefficient (Wildman–Crippen LogP) is -0.133. The van der Waals surface area contributed by atoms with Crippen molar-refractivity contribution in [3.63, 3.8) is 0 Å². The number of carbonyl (C=O) groups is 1. The molecule has 0 aliphatic carbocycles. The van der Waals surface area contributed by atoms with E-state index in [4.69, 9.17) is 5.73 Å². The number of aryl methyl sites for hydroxylation is 1. The van der Waals surface area contributed by atoms with Crippen molar-refractivity contribution in [3.05, 3.63) is 29.8 Å². The molecular weight excluding hydrogens is 266 g/mol. The molecule has 19 heavy (non-hydrogen) atoms. The molecule has 1 rings (SSSR count). The molecule has 0 unspecified atom stereocenters. The van der Waals surface area contributed by atoms with E-state index in [2.05, 4.69) is 10.0 Å². The van der Waals surface area contributed by atoms with Gasteiger partial charge in [0.15, 0.2) is 0 Å². The van der Waals surface area contributed by atoms with Gasteiger partial charge in [0.2, 0.25) is 15.9 Å². The van der Waals surface area contributed by atoms with Crippen LogP contribution in [0.15, 0.2) is 24.3 Å². The van der Waals surface area contributed by atoms with Crippen LogP contribution in [-0.4, -0.2) is 33.7 Å². The zero-order chi connectivity index (χ0) is 14.3. The number of nitrogens with two attached hydrogens (primary N) is 1. The lowest BCUT2D eigenvalue weighted by Gasteiger charge is -2.06. The van der Waals surface area contributed by atoms with Gasteiger partial charge in [-0.15, -0.1) is 0 Å². The van der Waals surface area contributed by atoms with Gasteiger partial charge in [0.25, 0.3) is 0 Å². The molecule has 1 aromatic rings. The minimum absolute atomic E-state index is 0.110. The van der Waals surface area contributed by atoms with Crippen molar-refractivity contribution in [2.75, 3.05) is 25.1 Å². The molecule has 0 aromatic heterocycles. The summed E-state index contributed by atoms with van der Waals surface area (Å²) in [4.78, 5) is 11.5. The van der Waals surface area contributed by atoms with Gasteiger partial charge in [-0.3, -0.25) is 4.79 Å². The Labute approximate surface area is 113 Å². The summed E-state index contributed by atoms with van der Waals surface area (Å²) < 4.78 is 24.4. The molecule has 106 valence electrons. The summed E-state index contributed by atoms with van der Waals surface area (Å²) >= 11 is 0. The predicted molar refractivity (Wildman–Crippen MR) is 75.0 cm³/mol. The van der Waals surface area contributed by atoms with Crippen LogP contribution in [0.5, 0.6) is 0 Å². The molecule has 4 N–H and O–H groups in total. The average Bonchev–Trinajstić information content (AvgIpc) is 2.36. The molecule has 0 bridgehead atoms. The molecule has 0 fully saturated rings. The maximum atomic E-state index is 11.5. The minimum atomic E-state index is -3.27. The van der Waals surface area contributed by atoms with Crippen molar-refractivity contribution in [3.8, 4) is 0 Å². The van der Waals surface area contributed by atoms with Crippen molar-refractivity contribution in [2.45, 2.75) is 12.8 Å². The van der Waals surface area contributed by atoms with E-state index in [1.165, 1.54) is 7.05 Å². The third kappa shape index (κ3) is 6.21. The van der Waals surface area contributed by atoms with Crippen molar-refractivity contribution in [1.29, 1.82) is 0 Å². The number of hydrogen-bond acceptors (Lipinski definition) is 4. The Morgan fingerprint density at radius 3 is 2.74 bits per heavy atom. The number of carbonyl (C=O) groups excluding carboxylic acids is 1. The average molecular weight is 285 g/mol. The maximum Gasteiger partial charge on any atom is 0.220 e. The van der Waals surface area contributed by atoms with Gasteiger partial charge in [-0.05, 0) is 31.2 Å². The number of amides is 1. The SMILES string of the molecule is CNS(=O)(=O)CCNC(=O)CCc1cccc(N)c1. The molecule has 7 heteroatoms. The summed E-state index contributed by atoms with van der Waals surface area (Å²) in [5.74, 6) is -0.290. The van der Waals surface area contributed by atoms with E-state index in [0.29, 0.717) is 18.5 Å². The fourth-order valence-corrected chi connectivity index (χ4v) is 2.10. The van der Waals surface area contributed by atoms with Crippen molar-refractivity contribution in [2.24, 2.45) is 0 Å². The molecule has 0 saturated carbocycles. The van der Waals surface area contributed by atoms with E-state index in [9.17, 15) is 13.2 Å². The van der Waals surface area contributed by atoms with Crippen LogP contribution in [0.25, 0.3) is 0 Å². The summed E-state index contributed by atoms with van der Waals surface area (Å²) in [5.41, 5.74) is 7.28. The highest BCUT2D eigenvalue weighted by atomic mass is 32.2. The number of nitrogen functional groups attached to an aromatic ring is 1. The highest BCUT2D eigenvalue weighted by Crippen LogP contribution is 2.08. The Hall–Kier alpha value is -1.60. The number of nitrogens with one attached hydrogen (secondary N) is 2. The van der Waals surface area contributed by atoms with Gasteiger partial charge >= 0.3 is 0 Å². The fourth-order valence-electron chi connectivity index (χ4n) is 1.52. The first-order chi connectivity index (χ1) is 8.93. The number of anilines is 1. The van der Waals surface area contributed by atoms with Crippen LogP contribution in [0, 0.1) is 0 Å². The fraction of sp³-hybridized carbons (Fsp3) is 0.417. The topological polar surface area (TPSA) is 101 Å². The maximum absolute atomic E-state index is 11.5. The Morgan fingerprint density at radius 1 is 1.37 bits per heavy atom. The smallest absolute Gasteiger partial charge is 0.220 e. The lowest BCUT2D eigenvalue weighted by Crippen LogP contribution is -2.33. The highest BCUT2D eigenvalue weighted by molar-refractivity contribution is 7.89. The second-order valence-electron chi connectivity index (χ2n) is 4.12. The van der Waals surface area contributed by atoms with Crippen LogP contribution in [-0.2, 0) is 21.2 Å². The second-order valence-corrected chi connectivity index (χ2v) is 6.16. The van der Waals surface area contributed by atoms with Crippen LogP contribution >= 0.6 is 0 Å². The quantitative estimate of drug-likeness (QED) is 0.607. The first-order valence-electron chi connectivity index (χ1n) is 5.95. The zero-order valence-corrected chi connectivity index (χ0v) is 11.7. The molecule has 0 spiro atoms. The molecule has 0 heterocycles. The largest absolute Gasteiger partial charge is 0.399 e. The van der Waals surface area contributed by atoms with E-state index in [1.807, 2.05) is 18.2 Å². The molecule has 0 atom stereocenters. The Morgan fingerprint density at radius 2 is 2.11 bits per heavy atom. The zero-order valence-electron chi connectivity index (χ0n) is 10.8.